The summed E-state index contributed by atoms with van der Waals surface area (Å²) in [4.78, 5) is 21.8. The van der Waals surface area contributed by atoms with E-state index in [4.69, 9.17) is 38.1 Å². The van der Waals surface area contributed by atoms with Gasteiger partial charge >= 0.3 is 5.69 Å². The predicted octanol–water partition coefficient (Wildman–Crippen LogP) is 4.89. The number of rotatable bonds is 13. The Morgan fingerprint density at radius 1 is 1.22 bits per heavy atom. The standard InChI is InChI=1S/C28H33ClN8O4/c1-19-15-20(30)7-8-25(19)41-21-9-13-36(32)27(16-21)34-11-5-4-10-33-23-18-26(40-14-6-12-35(2)3)24(37(38)39)17-22(23)28(29)31/h5,7-11,13,15-18,31H,4,6,12,14,30,32H2,1-3H3/b11-5-,31-28?,33-10-,34-27-. The van der Waals surface area contributed by atoms with Crippen LogP contribution in [0.3, 0.4) is 0 Å². The molecular formula is C28H33ClN8O4. The van der Waals surface area contributed by atoms with Crippen molar-refractivity contribution in [3.05, 3.63) is 87.7 Å². The molecule has 0 spiro atoms. The molecule has 41 heavy (non-hydrogen) atoms. The monoisotopic (exact) mass is 580 g/mol. The summed E-state index contributed by atoms with van der Waals surface area (Å²) in [5.74, 6) is 7.29. The van der Waals surface area contributed by atoms with E-state index in [9.17, 15) is 10.1 Å². The van der Waals surface area contributed by atoms with Crippen LogP contribution in [0.2, 0.25) is 0 Å². The number of aryl methyl sites for hydroxylation is 1. The first-order valence-corrected chi connectivity index (χ1v) is 13.0. The third-order valence-electron chi connectivity index (χ3n) is 5.66. The molecule has 0 aliphatic carbocycles. The first-order chi connectivity index (χ1) is 19.5. The first-order valence-electron chi connectivity index (χ1n) is 12.6. The molecule has 0 amide bonds. The molecule has 3 aromatic rings. The van der Waals surface area contributed by atoms with Crippen molar-refractivity contribution in [2.75, 3.05) is 38.8 Å². The summed E-state index contributed by atoms with van der Waals surface area (Å²) in [7, 11) is 3.86. The molecule has 0 atom stereocenters. The molecule has 0 saturated carbocycles. The summed E-state index contributed by atoms with van der Waals surface area (Å²) in [6, 6.07) is 11.4. The van der Waals surface area contributed by atoms with Gasteiger partial charge in [-0.05, 0) is 57.3 Å². The average Bonchev–Trinajstić information content (AvgIpc) is 2.91. The highest BCUT2D eigenvalue weighted by Gasteiger charge is 2.21. The summed E-state index contributed by atoms with van der Waals surface area (Å²) in [6.45, 7) is 2.96. The second-order valence-corrected chi connectivity index (χ2v) is 9.61. The second kappa shape index (κ2) is 14.6. The maximum Gasteiger partial charge on any atom is 0.311 e. The smallest absolute Gasteiger partial charge is 0.311 e. The Bertz CT molecular complexity index is 1530. The summed E-state index contributed by atoms with van der Waals surface area (Å²) in [5.41, 5.74) is 7.95. The van der Waals surface area contributed by atoms with E-state index in [2.05, 4.69) is 9.98 Å². The maximum absolute atomic E-state index is 11.6. The number of ether oxygens (including phenoxy) is 2. The van der Waals surface area contributed by atoms with Gasteiger partial charge in [-0.15, -0.1) is 0 Å². The lowest BCUT2D eigenvalue weighted by molar-refractivity contribution is -0.385. The zero-order valence-corrected chi connectivity index (χ0v) is 23.8. The van der Waals surface area contributed by atoms with Crippen molar-refractivity contribution in [3.8, 4) is 17.2 Å². The number of aromatic nitrogens is 1. The topological polar surface area (TPSA) is 170 Å². The van der Waals surface area contributed by atoms with Crippen LogP contribution in [0.5, 0.6) is 17.2 Å². The van der Waals surface area contributed by atoms with Gasteiger partial charge in [0.15, 0.2) is 11.2 Å². The lowest BCUT2D eigenvalue weighted by atomic mass is 10.1. The lowest BCUT2D eigenvalue weighted by Crippen LogP contribution is -2.26. The van der Waals surface area contributed by atoms with Crippen LogP contribution in [0.4, 0.5) is 17.1 Å². The molecule has 0 saturated heterocycles. The zero-order chi connectivity index (χ0) is 29.9. The molecule has 1 aromatic heterocycles. The molecule has 0 aliphatic rings. The van der Waals surface area contributed by atoms with Crippen LogP contribution in [0.15, 0.2) is 70.9 Å². The quantitative estimate of drug-likeness (QED) is 0.0644. The van der Waals surface area contributed by atoms with Crippen LogP contribution < -0.4 is 26.5 Å². The fourth-order valence-corrected chi connectivity index (χ4v) is 3.78. The minimum absolute atomic E-state index is 0.0666. The van der Waals surface area contributed by atoms with Crippen molar-refractivity contribution in [3.63, 3.8) is 0 Å². The number of benzene rings is 2. The molecule has 0 radical (unpaired) electrons. The molecule has 13 heteroatoms. The Labute approximate surface area is 242 Å². The van der Waals surface area contributed by atoms with Gasteiger partial charge in [0.25, 0.3) is 0 Å². The third-order valence-corrected chi connectivity index (χ3v) is 5.87. The summed E-state index contributed by atoms with van der Waals surface area (Å²) >= 11 is 5.91. The van der Waals surface area contributed by atoms with E-state index in [1.54, 1.807) is 49.0 Å². The number of nitrogens with one attached hydrogen (secondary N) is 1. The largest absolute Gasteiger partial charge is 0.487 e. The van der Waals surface area contributed by atoms with Crippen LogP contribution >= 0.6 is 11.6 Å². The lowest BCUT2D eigenvalue weighted by Gasteiger charge is -2.12. The molecule has 0 unspecified atom stereocenters. The maximum atomic E-state index is 11.6. The number of nitrogen functional groups attached to an aromatic ring is 2. The van der Waals surface area contributed by atoms with Gasteiger partial charge in [0.05, 0.1) is 17.2 Å². The van der Waals surface area contributed by atoms with Crippen LogP contribution in [-0.2, 0) is 0 Å². The Morgan fingerprint density at radius 2 is 2.00 bits per heavy atom. The van der Waals surface area contributed by atoms with E-state index in [-0.39, 0.29) is 34.5 Å². The number of pyridine rings is 1. The number of aliphatic imine (C=N–C) groups is 1. The van der Waals surface area contributed by atoms with Crippen molar-refractivity contribution in [1.29, 1.82) is 5.41 Å². The Kier molecular flexibility index (Phi) is 11.0. The fourth-order valence-electron chi connectivity index (χ4n) is 3.62. The third kappa shape index (κ3) is 9.19. The summed E-state index contributed by atoms with van der Waals surface area (Å²) < 4.78 is 13.0. The van der Waals surface area contributed by atoms with Crippen LogP contribution in [-0.4, -0.2) is 53.1 Å². The Hall–Kier alpha value is -4.68. The van der Waals surface area contributed by atoms with Gasteiger partial charge in [-0.1, -0.05) is 17.7 Å². The van der Waals surface area contributed by atoms with Crippen molar-refractivity contribution in [2.45, 2.75) is 19.8 Å². The van der Waals surface area contributed by atoms with Crippen LogP contribution in [0.25, 0.3) is 0 Å². The van der Waals surface area contributed by atoms with Crippen molar-refractivity contribution >= 4 is 40.0 Å². The number of hydrogen-bond donors (Lipinski definition) is 3. The normalized spacial score (nSPS) is 12.0. The van der Waals surface area contributed by atoms with E-state index in [0.717, 1.165) is 12.1 Å². The van der Waals surface area contributed by atoms with E-state index in [0.29, 0.717) is 35.5 Å². The van der Waals surface area contributed by atoms with Crippen LogP contribution in [0.1, 0.15) is 24.0 Å². The number of nitro benzene ring substituents is 1. The number of allylic oxidation sites excluding steroid dienone is 1. The summed E-state index contributed by atoms with van der Waals surface area (Å²) in [6.07, 6.45) is 7.59. The first kappa shape index (κ1) is 30.9. The van der Waals surface area contributed by atoms with Crippen molar-refractivity contribution in [1.82, 2.24) is 9.58 Å². The molecular weight excluding hydrogens is 548 g/mol. The second-order valence-electron chi connectivity index (χ2n) is 9.23. The number of nitrogens with two attached hydrogens (primary N) is 2. The summed E-state index contributed by atoms with van der Waals surface area (Å²) in [5, 5.41) is 19.1. The molecule has 2 aromatic carbocycles. The molecule has 12 nitrogen and oxygen atoms in total. The minimum atomic E-state index is -0.566. The van der Waals surface area contributed by atoms with Gasteiger partial charge in [-0.25, -0.2) is 4.99 Å². The fraction of sp³-hybridized carbons (Fsp3) is 0.250. The molecule has 3 rings (SSSR count). The number of hydrogen-bond acceptors (Lipinski definition) is 10. The van der Waals surface area contributed by atoms with Crippen LogP contribution in [0, 0.1) is 22.4 Å². The van der Waals surface area contributed by atoms with Gasteiger partial charge in [0.1, 0.15) is 16.7 Å². The number of nitrogens with zero attached hydrogens (tertiary/aromatic N) is 5. The SMILES string of the molecule is Cc1cc(N)ccc1Oc1ccn(N)/c(=N\C=C/C/C=N\c2cc(OCCCN(C)C)c([N+](=O)[O-])cc2C(=N)Cl)c1. The number of halogens is 1. The van der Waals surface area contributed by atoms with E-state index < -0.39 is 4.92 Å². The molecule has 0 aliphatic heterocycles. The molecule has 216 valence electrons. The molecule has 1 heterocycles. The molecule has 0 fully saturated rings. The molecule has 5 N–H and O–H groups in total. The van der Waals surface area contributed by atoms with E-state index >= 15 is 0 Å². The predicted molar refractivity (Wildman–Crippen MR) is 162 cm³/mol. The Morgan fingerprint density at radius 3 is 2.68 bits per heavy atom. The van der Waals surface area contributed by atoms with Crippen molar-refractivity contribution < 1.29 is 14.4 Å². The van der Waals surface area contributed by atoms with Crippen molar-refractivity contribution in [2.24, 2.45) is 9.98 Å². The number of anilines is 1. The number of nitro groups is 1. The van der Waals surface area contributed by atoms with E-state index in [1.807, 2.05) is 32.0 Å². The van der Waals surface area contributed by atoms with Gasteiger partial charge in [-0.3, -0.25) is 25.2 Å². The van der Waals surface area contributed by atoms with Gasteiger partial charge in [0, 0.05) is 61.0 Å². The van der Waals surface area contributed by atoms with Gasteiger partial charge < -0.3 is 25.9 Å². The minimum Gasteiger partial charge on any atom is -0.487 e. The highest BCUT2D eigenvalue weighted by atomic mass is 35.5. The van der Waals surface area contributed by atoms with E-state index in [1.165, 1.54) is 16.8 Å². The van der Waals surface area contributed by atoms with Gasteiger partial charge in [0.2, 0.25) is 0 Å². The highest BCUT2D eigenvalue weighted by Crippen LogP contribution is 2.35. The van der Waals surface area contributed by atoms with Gasteiger partial charge in [-0.2, -0.15) is 0 Å². The average molecular weight is 581 g/mol. The highest BCUT2D eigenvalue weighted by molar-refractivity contribution is 6.69. The molecule has 0 bridgehead atoms. The zero-order valence-electron chi connectivity index (χ0n) is 23.1. The Balaban J connectivity index is 1.74.